The molecule has 190 valence electrons. The minimum Gasteiger partial charge on any atom is -0.458 e. The van der Waals surface area contributed by atoms with Crippen molar-refractivity contribution in [3.8, 4) is 0 Å². The number of carbonyl (C=O) groups is 1. The first-order valence-electron chi connectivity index (χ1n) is 14.0. The Morgan fingerprint density at radius 2 is 1.91 bits per heavy atom. The fraction of sp³-hybridized carbons (Fsp3) is 0.893. The van der Waals surface area contributed by atoms with Gasteiger partial charge in [0.1, 0.15) is 6.61 Å². The molecule has 3 N–H and O–H groups in total. The molecule has 9 atom stereocenters. The zero-order valence-corrected chi connectivity index (χ0v) is 21.1. The Balaban J connectivity index is 1.25. The van der Waals surface area contributed by atoms with Gasteiger partial charge in [-0.25, -0.2) is 4.79 Å². The highest BCUT2D eigenvalue weighted by molar-refractivity contribution is 5.85. The minimum absolute atomic E-state index is 0.0258. The summed E-state index contributed by atoms with van der Waals surface area (Å²) in [7, 11) is 0. The summed E-state index contributed by atoms with van der Waals surface area (Å²) in [4.78, 5) is 14.5. The second-order valence-electron chi connectivity index (χ2n) is 12.9. The Hall–Kier alpha value is -0.950. The van der Waals surface area contributed by atoms with Crippen LogP contribution in [-0.2, 0) is 9.53 Å². The quantitative estimate of drug-likeness (QED) is 0.536. The van der Waals surface area contributed by atoms with E-state index in [1.165, 1.54) is 45.2 Å². The molecule has 0 spiro atoms. The molecule has 0 amide bonds. The lowest BCUT2D eigenvalue weighted by Gasteiger charge is -2.65. The van der Waals surface area contributed by atoms with E-state index in [1.807, 2.05) is 0 Å². The van der Waals surface area contributed by atoms with Gasteiger partial charge in [-0.2, -0.15) is 0 Å². The first-order valence-corrected chi connectivity index (χ1v) is 14.0. The molecule has 4 saturated carbocycles. The van der Waals surface area contributed by atoms with Gasteiger partial charge in [0, 0.05) is 30.6 Å². The van der Waals surface area contributed by atoms with Crippen molar-refractivity contribution in [2.45, 2.75) is 89.4 Å². The van der Waals surface area contributed by atoms with Crippen molar-refractivity contribution in [2.24, 2.45) is 34.5 Å². The van der Waals surface area contributed by atoms with E-state index in [0.717, 1.165) is 44.3 Å². The summed E-state index contributed by atoms with van der Waals surface area (Å²) >= 11 is 0. The SMILES string of the molecule is CC12CCC(N3CCCNCC3)CC1CCC1C2CC(O)C2(C)C(C3=CC(=O)OC3)CCC12O. The zero-order valence-electron chi connectivity index (χ0n) is 21.1. The predicted molar refractivity (Wildman–Crippen MR) is 130 cm³/mol. The first kappa shape index (κ1) is 23.4. The molecule has 0 bridgehead atoms. The highest BCUT2D eigenvalue weighted by Crippen LogP contribution is 2.70. The third-order valence-electron chi connectivity index (χ3n) is 11.9. The molecule has 2 aliphatic heterocycles. The van der Waals surface area contributed by atoms with E-state index in [9.17, 15) is 15.0 Å². The normalized spacial score (nSPS) is 51.6. The van der Waals surface area contributed by atoms with Crippen molar-refractivity contribution < 1.29 is 19.7 Å². The number of aliphatic hydroxyl groups excluding tert-OH is 1. The standard InChI is InChI=1S/C28H44N2O4/c1-26-8-6-20(30-12-3-10-29-11-13-30)15-19(26)4-5-22-23(26)16-24(31)27(2)21(7-9-28(22,27)33)18-14-25(32)34-17-18/h14,19-24,29,31,33H,3-13,15-17H2,1-2H3. The maximum absolute atomic E-state index is 12.4. The molecule has 34 heavy (non-hydrogen) atoms. The van der Waals surface area contributed by atoms with Gasteiger partial charge in [-0.15, -0.1) is 0 Å². The van der Waals surface area contributed by atoms with Gasteiger partial charge in [-0.05, 0) is 106 Å². The summed E-state index contributed by atoms with van der Waals surface area (Å²) in [5, 5.41) is 27.6. The van der Waals surface area contributed by atoms with E-state index < -0.39 is 17.1 Å². The Kier molecular flexibility index (Phi) is 5.72. The van der Waals surface area contributed by atoms with Gasteiger partial charge in [0.25, 0.3) is 0 Å². The molecule has 5 fully saturated rings. The van der Waals surface area contributed by atoms with Crippen molar-refractivity contribution in [3.63, 3.8) is 0 Å². The second-order valence-corrected chi connectivity index (χ2v) is 12.9. The minimum atomic E-state index is -0.867. The third-order valence-corrected chi connectivity index (χ3v) is 11.9. The number of fused-ring (bicyclic) bond motifs is 5. The topological polar surface area (TPSA) is 82.0 Å². The molecular formula is C28H44N2O4. The lowest BCUT2D eigenvalue weighted by Crippen LogP contribution is -2.67. The van der Waals surface area contributed by atoms with E-state index >= 15 is 0 Å². The number of hydrogen-bond donors (Lipinski definition) is 3. The number of cyclic esters (lactones) is 1. The summed E-state index contributed by atoms with van der Waals surface area (Å²) in [6.07, 6.45) is 10.7. The number of nitrogens with zero attached hydrogens (tertiary/aromatic N) is 1. The molecular weight excluding hydrogens is 428 g/mol. The number of rotatable bonds is 2. The van der Waals surface area contributed by atoms with Crippen LogP contribution in [-0.4, -0.2) is 71.6 Å². The van der Waals surface area contributed by atoms with Crippen molar-refractivity contribution >= 4 is 5.97 Å². The van der Waals surface area contributed by atoms with Gasteiger partial charge in [-0.3, -0.25) is 4.90 Å². The molecule has 1 saturated heterocycles. The maximum Gasteiger partial charge on any atom is 0.331 e. The Labute approximate surface area is 204 Å². The highest BCUT2D eigenvalue weighted by atomic mass is 16.5. The van der Waals surface area contributed by atoms with E-state index in [-0.39, 0.29) is 23.2 Å². The predicted octanol–water partition coefficient (Wildman–Crippen LogP) is 2.88. The number of nitrogens with one attached hydrogen (secondary N) is 1. The van der Waals surface area contributed by atoms with Crippen LogP contribution in [0.1, 0.15) is 71.6 Å². The van der Waals surface area contributed by atoms with Crippen LogP contribution in [0.3, 0.4) is 0 Å². The maximum atomic E-state index is 12.4. The van der Waals surface area contributed by atoms with E-state index in [4.69, 9.17) is 4.74 Å². The molecule has 6 aliphatic rings. The third kappa shape index (κ3) is 3.24. The number of aliphatic hydroxyl groups is 2. The molecule has 9 unspecified atom stereocenters. The van der Waals surface area contributed by atoms with Crippen molar-refractivity contribution in [1.82, 2.24) is 10.2 Å². The molecule has 4 aliphatic carbocycles. The second kappa shape index (κ2) is 8.29. The van der Waals surface area contributed by atoms with E-state index in [1.54, 1.807) is 6.08 Å². The summed E-state index contributed by atoms with van der Waals surface area (Å²) in [5.74, 6) is 1.05. The summed E-state index contributed by atoms with van der Waals surface area (Å²) < 4.78 is 5.23. The molecule has 0 radical (unpaired) electrons. The molecule has 6 heteroatoms. The van der Waals surface area contributed by atoms with Crippen molar-refractivity contribution in [1.29, 1.82) is 0 Å². The molecule has 0 aromatic rings. The fourth-order valence-electron chi connectivity index (χ4n) is 9.93. The van der Waals surface area contributed by atoms with Gasteiger partial charge in [0.05, 0.1) is 11.7 Å². The first-order chi connectivity index (χ1) is 16.3. The van der Waals surface area contributed by atoms with Crippen LogP contribution >= 0.6 is 0 Å². The van der Waals surface area contributed by atoms with Gasteiger partial charge in [0.15, 0.2) is 0 Å². The number of hydrogen-bond acceptors (Lipinski definition) is 6. The molecule has 2 heterocycles. The van der Waals surface area contributed by atoms with Crippen LogP contribution in [0, 0.1) is 34.5 Å². The van der Waals surface area contributed by atoms with Crippen LogP contribution in [0.15, 0.2) is 11.6 Å². The highest BCUT2D eigenvalue weighted by Gasteiger charge is 2.70. The van der Waals surface area contributed by atoms with E-state index in [2.05, 4.69) is 24.1 Å². The fourth-order valence-corrected chi connectivity index (χ4v) is 9.93. The number of esters is 1. The summed E-state index contributed by atoms with van der Waals surface area (Å²) in [5.41, 5.74) is -0.291. The zero-order chi connectivity index (χ0) is 23.7. The monoisotopic (exact) mass is 472 g/mol. The molecule has 6 nitrogen and oxygen atoms in total. The van der Waals surface area contributed by atoms with Crippen molar-refractivity contribution in [2.75, 3.05) is 32.8 Å². The smallest absolute Gasteiger partial charge is 0.331 e. The molecule has 6 rings (SSSR count). The summed E-state index contributed by atoms with van der Waals surface area (Å²) in [6, 6.07) is 0.694. The summed E-state index contributed by atoms with van der Waals surface area (Å²) in [6.45, 7) is 9.55. The van der Waals surface area contributed by atoms with Crippen molar-refractivity contribution in [3.05, 3.63) is 11.6 Å². The largest absolute Gasteiger partial charge is 0.458 e. The van der Waals surface area contributed by atoms with E-state index in [0.29, 0.717) is 24.5 Å². The Bertz CT molecular complexity index is 853. The molecule has 0 aromatic carbocycles. The Morgan fingerprint density at radius 3 is 2.71 bits per heavy atom. The lowest BCUT2D eigenvalue weighted by atomic mass is 9.42. The van der Waals surface area contributed by atoms with Gasteiger partial charge < -0.3 is 20.3 Å². The van der Waals surface area contributed by atoms with Gasteiger partial charge in [0.2, 0.25) is 0 Å². The van der Waals surface area contributed by atoms with Crippen LogP contribution in [0.4, 0.5) is 0 Å². The van der Waals surface area contributed by atoms with Gasteiger partial charge in [-0.1, -0.05) is 13.8 Å². The van der Waals surface area contributed by atoms with Crippen LogP contribution in [0.25, 0.3) is 0 Å². The average molecular weight is 473 g/mol. The van der Waals surface area contributed by atoms with Crippen LogP contribution < -0.4 is 5.32 Å². The molecule has 0 aromatic heterocycles. The van der Waals surface area contributed by atoms with Crippen LogP contribution in [0.2, 0.25) is 0 Å². The Morgan fingerprint density at radius 1 is 1.06 bits per heavy atom. The number of carbonyl (C=O) groups excluding carboxylic acids is 1. The average Bonchev–Trinajstić information content (AvgIpc) is 3.22. The van der Waals surface area contributed by atoms with Crippen LogP contribution in [0.5, 0.6) is 0 Å². The number of ether oxygens (including phenoxy) is 1. The van der Waals surface area contributed by atoms with Gasteiger partial charge >= 0.3 is 5.97 Å². The lowest BCUT2D eigenvalue weighted by molar-refractivity contribution is -0.244.